The van der Waals surface area contributed by atoms with Gasteiger partial charge in [0.1, 0.15) is 5.36 Å². The minimum absolute atomic E-state index is 0.0704. The van der Waals surface area contributed by atoms with Crippen molar-refractivity contribution in [3.8, 4) is 5.75 Å². The summed E-state index contributed by atoms with van der Waals surface area (Å²) in [6.07, 6.45) is 1.09. The van der Waals surface area contributed by atoms with Gasteiger partial charge in [0.25, 0.3) is 0 Å². The molecule has 2 aromatic heterocycles. The number of phenols is 1. The summed E-state index contributed by atoms with van der Waals surface area (Å²) in [6.45, 7) is 5.84. The van der Waals surface area contributed by atoms with Crippen molar-refractivity contribution in [2.45, 2.75) is 12.8 Å². The molecule has 2 heterocycles. The van der Waals surface area contributed by atoms with Crippen molar-refractivity contribution in [3.05, 3.63) is 38.7 Å². The molecule has 0 radical (unpaired) electrons. The molecular weight excluding hydrogens is 415 g/mol. The Bertz CT molecular complexity index is 1210. The average molecular weight is 431 g/mol. The number of aromatic nitrogens is 4. The summed E-state index contributed by atoms with van der Waals surface area (Å²) >= 11 is 11.9. The predicted molar refractivity (Wildman–Crippen MR) is 103 cm³/mol. The lowest BCUT2D eigenvalue weighted by Gasteiger charge is -2.06. The van der Waals surface area contributed by atoms with Crippen molar-refractivity contribution in [1.29, 1.82) is 0 Å². The third-order valence-corrected chi connectivity index (χ3v) is 4.96. The first-order valence-electron chi connectivity index (χ1n) is 7.70. The fraction of sp³-hybridized carbons (Fsp3) is 0.267. The van der Waals surface area contributed by atoms with E-state index in [4.69, 9.17) is 23.2 Å². The molecule has 1 atom stereocenters. The van der Waals surface area contributed by atoms with Crippen LogP contribution in [0.25, 0.3) is 12.2 Å². The quantitative estimate of drug-likeness (QED) is 0.558. The summed E-state index contributed by atoms with van der Waals surface area (Å²) < 4.78 is 26.3. The van der Waals surface area contributed by atoms with Gasteiger partial charge < -0.3 is 5.11 Å². The maximum atomic E-state index is 11.2. The summed E-state index contributed by atoms with van der Waals surface area (Å²) in [5.41, 5.74) is 0.826. The van der Waals surface area contributed by atoms with Crippen LogP contribution in [-0.4, -0.2) is 46.1 Å². The Labute approximate surface area is 164 Å². The Hall–Kier alpha value is -2.14. The van der Waals surface area contributed by atoms with Gasteiger partial charge in [0.2, 0.25) is 15.7 Å². The zero-order valence-electron chi connectivity index (χ0n) is 14.4. The van der Waals surface area contributed by atoms with Gasteiger partial charge in [-0.15, -0.1) is 5.10 Å². The van der Waals surface area contributed by atoms with E-state index in [0.717, 1.165) is 6.26 Å². The second-order valence-electron chi connectivity index (χ2n) is 6.04. The van der Waals surface area contributed by atoms with Crippen LogP contribution in [0.1, 0.15) is 18.7 Å². The minimum Gasteiger partial charge on any atom is -0.505 e. The van der Waals surface area contributed by atoms with Crippen LogP contribution < -0.4 is 15.4 Å². The molecule has 144 valence electrons. The van der Waals surface area contributed by atoms with E-state index < -0.39 is 10.0 Å². The number of phenolic OH excluding ortho intramolecular Hbond substituents is 1. The number of aromatic hydroxyl groups is 1. The van der Waals surface area contributed by atoms with E-state index in [1.807, 2.05) is 0 Å². The molecule has 3 rings (SSSR count). The highest BCUT2D eigenvalue weighted by Crippen LogP contribution is 2.35. The molecule has 0 saturated carbocycles. The summed E-state index contributed by atoms with van der Waals surface area (Å²) in [5.74, 6) is -0.0365. The summed E-state index contributed by atoms with van der Waals surface area (Å²) in [4.78, 5) is 8.87. The smallest absolute Gasteiger partial charge is 0.208 e. The first-order chi connectivity index (χ1) is 12.5. The normalized spacial score (nSPS) is 14.1. The highest BCUT2D eigenvalue weighted by Gasteiger charge is 2.16. The Morgan fingerprint density at radius 2 is 2.04 bits per heavy atom. The molecular formula is C15H16Cl2N6O3S. The van der Waals surface area contributed by atoms with E-state index in [0.29, 0.717) is 27.9 Å². The maximum Gasteiger partial charge on any atom is 0.208 e. The van der Waals surface area contributed by atoms with Gasteiger partial charge in [-0.3, -0.25) is 5.10 Å². The van der Waals surface area contributed by atoms with Gasteiger partial charge in [-0.2, -0.15) is 4.63 Å². The topological polar surface area (TPSA) is 125 Å². The number of aromatic amines is 1. The fourth-order valence-electron chi connectivity index (χ4n) is 2.31. The molecule has 3 aromatic rings. The van der Waals surface area contributed by atoms with Crippen molar-refractivity contribution in [2.75, 3.05) is 12.8 Å². The molecule has 0 aliphatic heterocycles. The van der Waals surface area contributed by atoms with Crippen LogP contribution in [0, 0.1) is 0 Å². The van der Waals surface area contributed by atoms with Crippen LogP contribution in [0.4, 0.5) is 5.69 Å². The van der Waals surface area contributed by atoms with E-state index in [1.165, 1.54) is 16.8 Å². The summed E-state index contributed by atoms with van der Waals surface area (Å²) in [6, 6.07) is 2.92. The lowest BCUT2D eigenvalue weighted by Crippen LogP contribution is -2.27. The molecule has 0 amide bonds. The van der Waals surface area contributed by atoms with Crippen LogP contribution in [0.2, 0.25) is 10.0 Å². The van der Waals surface area contributed by atoms with Gasteiger partial charge >= 0.3 is 0 Å². The molecule has 0 aliphatic rings. The summed E-state index contributed by atoms with van der Waals surface area (Å²) in [5, 5.41) is 17.9. The van der Waals surface area contributed by atoms with Gasteiger partial charge in [-0.25, -0.2) is 23.1 Å². The van der Waals surface area contributed by atoms with Gasteiger partial charge in [0.05, 0.1) is 27.3 Å². The first kappa shape index (κ1) is 19.6. The fourth-order valence-corrected chi connectivity index (χ4v) is 3.34. The molecule has 9 nitrogen and oxygen atoms in total. The molecule has 3 N–H and O–H groups in total. The Kier molecular flexibility index (Phi) is 5.17. The number of nitrogens with zero attached hydrogens (tertiary/aromatic N) is 4. The summed E-state index contributed by atoms with van der Waals surface area (Å²) in [7, 11) is -3.31. The Morgan fingerprint density at radius 1 is 1.41 bits per heavy atom. The number of sulfonamides is 1. The number of H-pyrrole nitrogens is 1. The van der Waals surface area contributed by atoms with Crippen molar-refractivity contribution in [1.82, 2.24) is 24.5 Å². The second-order valence-corrected chi connectivity index (χ2v) is 8.68. The van der Waals surface area contributed by atoms with Crippen LogP contribution >= 0.6 is 23.2 Å². The van der Waals surface area contributed by atoms with Crippen LogP contribution in [-0.2, 0) is 10.0 Å². The number of fused-ring (bicyclic) bond motifs is 1. The zero-order chi connectivity index (χ0) is 19.9. The number of nitrogens with one attached hydrogen (secondary N) is 2. The Morgan fingerprint density at radius 3 is 2.63 bits per heavy atom. The predicted octanol–water partition coefficient (Wildman–Crippen LogP) is 1.08. The third kappa shape index (κ3) is 4.24. The van der Waals surface area contributed by atoms with E-state index in [9.17, 15) is 13.5 Å². The van der Waals surface area contributed by atoms with Crippen molar-refractivity contribution >= 4 is 51.1 Å². The number of rotatable bonds is 5. The monoisotopic (exact) mass is 430 g/mol. The molecule has 1 unspecified atom stereocenters. The maximum absolute atomic E-state index is 11.2. The SMILES string of the molecule is C=c1[nH]n2nc(C(C)CNS(C)(=O)=O)nc2c1=Nc1cc(Cl)c(O)c(Cl)c1. The highest BCUT2D eigenvalue weighted by molar-refractivity contribution is 7.88. The lowest BCUT2D eigenvalue weighted by atomic mass is 10.2. The number of hydrogen-bond donors (Lipinski definition) is 3. The molecule has 27 heavy (non-hydrogen) atoms. The molecule has 0 spiro atoms. The van der Waals surface area contributed by atoms with E-state index >= 15 is 0 Å². The average Bonchev–Trinajstić information content (AvgIpc) is 3.09. The lowest BCUT2D eigenvalue weighted by molar-refractivity contribution is 0.476. The van der Waals surface area contributed by atoms with Crippen molar-refractivity contribution in [2.24, 2.45) is 4.99 Å². The van der Waals surface area contributed by atoms with Gasteiger partial charge in [-0.1, -0.05) is 36.7 Å². The standard InChI is InChI=1S/C15H16Cl2N6O3S/c1-7(6-18-27(3,25)26)14-20-15-12(8(2)21-23(15)22-14)19-9-4-10(16)13(24)11(17)5-9/h4-5,7,18,21,24H,2,6H2,1,3H3. The van der Waals surface area contributed by atoms with Crippen LogP contribution in [0.15, 0.2) is 17.1 Å². The second kappa shape index (κ2) is 7.12. The largest absolute Gasteiger partial charge is 0.505 e. The zero-order valence-corrected chi connectivity index (χ0v) is 16.7. The molecule has 0 fully saturated rings. The van der Waals surface area contributed by atoms with E-state index in [1.54, 1.807) is 6.92 Å². The molecule has 0 aliphatic carbocycles. The van der Waals surface area contributed by atoms with Gasteiger partial charge in [0, 0.05) is 12.5 Å². The van der Waals surface area contributed by atoms with Gasteiger partial charge in [0.15, 0.2) is 11.6 Å². The number of hydrogen-bond acceptors (Lipinski definition) is 6. The molecule has 0 bridgehead atoms. The van der Waals surface area contributed by atoms with Crippen molar-refractivity contribution < 1.29 is 13.5 Å². The molecule has 0 saturated heterocycles. The van der Waals surface area contributed by atoms with E-state index in [-0.39, 0.29) is 28.3 Å². The molecule has 1 aromatic carbocycles. The van der Waals surface area contributed by atoms with Crippen LogP contribution in [0.3, 0.4) is 0 Å². The Balaban J connectivity index is 2.03. The first-order valence-corrected chi connectivity index (χ1v) is 10.3. The van der Waals surface area contributed by atoms with Crippen molar-refractivity contribution in [3.63, 3.8) is 0 Å². The minimum atomic E-state index is -3.31. The van der Waals surface area contributed by atoms with Crippen LogP contribution in [0.5, 0.6) is 5.75 Å². The number of halogens is 2. The number of benzene rings is 1. The highest BCUT2D eigenvalue weighted by atomic mass is 35.5. The molecule has 12 heteroatoms. The van der Waals surface area contributed by atoms with Gasteiger partial charge in [-0.05, 0) is 12.1 Å². The third-order valence-electron chi connectivity index (χ3n) is 3.70. The van der Waals surface area contributed by atoms with E-state index in [2.05, 4.69) is 31.5 Å².